The van der Waals surface area contributed by atoms with Crippen molar-refractivity contribution in [3.8, 4) is 0 Å². The van der Waals surface area contributed by atoms with Crippen LogP contribution in [0.25, 0.3) is 0 Å². The van der Waals surface area contributed by atoms with Crippen molar-refractivity contribution >= 4 is 15.8 Å². The van der Waals surface area contributed by atoms with E-state index < -0.39 is 10.0 Å². The van der Waals surface area contributed by atoms with Gasteiger partial charge in [-0.3, -0.25) is 4.98 Å². The van der Waals surface area contributed by atoms with Crippen LogP contribution in [0.15, 0.2) is 6.20 Å². The average Bonchev–Trinajstić information content (AvgIpc) is 2.21. The highest BCUT2D eigenvalue weighted by molar-refractivity contribution is 7.88. The van der Waals surface area contributed by atoms with Crippen molar-refractivity contribution < 1.29 is 8.42 Å². The first-order valence-electron chi connectivity index (χ1n) is 5.37. The van der Waals surface area contributed by atoms with Crippen molar-refractivity contribution in [2.24, 2.45) is 0 Å². The summed E-state index contributed by atoms with van der Waals surface area (Å²) < 4.78 is 24.0. The van der Waals surface area contributed by atoms with E-state index in [1.165, 1.54) is 0 Å². The Bertz CT molecular complexity index is 473. The predicted molar refractivity (Wildman–Crippen MR) is 67.5 cm³/mol. The Balaban J connectivity index is 2.29. The number of rotatable bonds is 6. The minimum atomic E-state index is -3.09. The van der Waals surface area contributed by atoms with Crippen LogP contribution in [0.3, 0.4) is 0 Å². The summed E-state index contributed by atoms with van der Waals surface area (Å²) in [5.41, 5.74) is 1.80. The Morgan fingerprint density at radius 3 is 2.53 bits per heavy atom. The van der Waals surface area contributed by atoms with E-state index in [9.17, 15) is 8.42 Å². The molecule has 0 spiro atoms. The first-order valence-corrected chi connectivity index (χ1v) is 7.26. The van der Waals surface area contributed by atoms with Gasteiger partial charge in [-0.15, -0.1) is 0 Å². The third-order valence-corrected chi connectivity index (χ3v) is 2.94. The first kappa shape index (κ1) is 13.9. The third kappa shape index (κ3) is 5.60. The molecule has 0 aliphatic heterocycles. The number of hydrogen-bond acceptors (Lipinski definition) is 5. The Morgan fingerprint density at radius 2 is 1.94 bits per heavy atom. The standard InChI is InChI=1S/C10H18N4O2S/c1-8-9(2)14-10(7-12-8)11-5-4-6-13-17(3,15)16/h7,13H,4-6H2,1-3H3,(H,11,14). The van der Waals surface area contributed by atoms with Gasteiger partial charge in [0.15, 0.2) is 0 Å². The molecule has 0 saturated heterocycles. The van der Waals surface area contributed by atoms with Crippen LogP contribution in [0.1, 0.15) is 17.8 Å². The molecule has 7 heteroatoms. The Labute approximate surface area is 102 Å². The van der Waals surface area contributed by atoms with Gasteiger partial charge >= 0.3 is 0 Å². The van der Waals surface area contributed by atoms with Crippen molar-refractivity contribution in [3.63, 3.8) is 0 Å². The molecule has 96 valence electrons. The molecule has 0 atom stereocenters. The molecule has 1 aromatic heterocycles. The second kappa shape index (κ2) is 5.92. The van der Waals surface area contributed by atoms with Crippen LogP contribution in [0.4, 0.5) is 5.82 Å². The molecule has 0 saturated carbocycles. The van der Waals surface area contributed by atoms with Gasteiger partial charge in [0, 0.05) is 13.1 Å². The van der Waals surface area contributed by atoms with Crippen molar-refractivity contribution in [2.45, 2.75) is 20.3 Å². The maximum atomic E-state index is 10.8. The van der Waals surface area contributed by atoms with Gasteiger partial charge in [0.25, 0.3) is 0 Å². The molecule has 6 nitrogen and oxygen atoms in total. The fourth-order valence-electron chi connectivity index (χ4n) is 1.19. The molecule has 1 rings (SSSR count). The lowest BCUT2D eigenvalue weighted by Gasteiger charge is -2.07. The zero-order chi connectivity index (χ0) is 12.9. The van der Waals surface area contributed by atoms with E-state index in [4.69, 9.17) is 0 Å². The summed E-state index contributed by atoms with van der Waals surface area (Å²) in [5.74, 6) is 0.715. The van der Waals surface area contributed by atoms with Crippen LogP contribution >= 0.6 is 0 Å². The lowest BCUT2D eigenvalue weighted by atomic mass is 10.3. The van der Waals surface area contributed by atoms with Crippen molar-refractivity contribution in [1.82, 2.24) is 14.7 Å². The lowest BCUT2D eigenvalue weighted by molar-refractivity contribution is 0.586. The normalized spacial score (nSPS) is 11.5. The van der Waals surface area contributed by atoms with E-state index in [-0.39, 0.29) is 0 Å². The van der Waals surface area contributed by atoms with E-state index in [1.807, 2.05) is 13.8 Å². The number of aromatic nitrogens is 2. The zero-order valence-corrected chi connectivity index (χ0v) is 11.1. The number of nitrogens with zero attached hydrogens (tertiary/aromatic N) is 2. The van der Waals surface area contributed by atoms with Gasteiger partial charge in [0.1, 0.15) is 5.82 Å². The summed E-state index contributed by atoms with van der Waals surface area (Å²) in [7, 11) is -3.09. The second-order valence-electron chi connectivity index (χ2n) is 3.87. The van der Waals surface area contributed by atoms with Crippen molar-refractivity contribution in [3.05, 3.63) is 17.6 Å². The number of anilines is 1. The molecule has 0 unspecified atom stereocenters. The maximum absolute atomic E-state index is 10.8. The summed E-state index contributed by atoms with van der Waals surface area (Å²) in [6.07, 6.45) is 3.52. The fraction of sp³-hybridized carbons (Fsp3) is 0.600. The molecule has 1 heterocycles. The van der Waals surface area contributed by atoms with Gasteiger partial charge in [-0.25, -0.2) is 18.1 Å². The zero-order valence-electron chi connectivity index (χ0n) is 10.3. The monoisotopic (exact) mass is 258 g/mol. The number of sulfonamides is 1. The van der Waals surface area contributed by atoms with Crippen LogP contribution in [0, 0.1) is 13.8 Å². The minimum Gasteiger partial charge on any atom is -0.369 e. The SMILES string of the molecule is Cc1ncc(NCCCNS(C)(=O)=O)nc1C. The van der Waals surface area contributed by atoms with E-state index in [1.54, 1.807) is 6.20 Å². The molecule has 0 aromatic carbocycles. The maximum Gasteiger partial charge on any atom is 0.208 e. The fourth-order valence-corrected chi connectivity index (χ4v) is 1.70. The summed E-state index contributed by atoms with van der Waals surface area (Å²) in [5, 5.41) is 3.09. The molecule has 0 radical (unpaired) electrons. The smallest absolute Gasteiger partial charge is 0.208 e. The quantitative estimate of drug-likeness (QED) is 0.724. The van der Waals surface area contributed by atoms with Crippen LogP contribution in [0.2, 0.25) is 0 Å². The number of nitrogens with one attached hydrogen (secondary N) is 2. The molecule has 1 aromatic rings. The van der Waals surface area contributed by atoms with Crippen LogP contribution < -0.4 is 10.0 Å². The number of aryl methyl sites for hydroxylation is 2. The summed E-state index contributed by atoms with van der Waals surface area (Å²) in [6.45, 7) is 4.88. The predicted octanol–water partition coefficient (Wildman–Crippen LogP) is 0.445. The third-order valence-electron chi connectivity index (χ3n) is 2.22. The minimum absolute atomic E-state index is 0.421. The summed E-state index contributed by atoms with van der Waals surface area (Å²) in [4.78, 5) is 8.49. The largest absolute Gasteiger partial charge is 0.369 e. The van der Waals surface area contributed by atoms with Gasteiger partial charge in [-0.2, -0.15) is 0 Å². The molecular formula is C10H18N4O2S. The number of hydrogen-bond donors (Lipinski definition) is 2. The van der Waals surface area contributed by atoms with Crippen LogP contribution in [0.5, 0.6) is 0 Å². The molecule has 17 heavy (non-hydrogen) atoms. The van der Waals surface area contributed by atoms with Gasteiger partial charge in [-0.05, 0) is 20.3 Å². The van der Waals surface area contributed by atoms with Gasteiger partial charge in [0.2, 0.25) is 10.0 Å². The van der Waals surface area contributed by atoms with E-state index >= 15 is 0 Å². The van der Waals surface area contributed by atoms with Crippen molar-refractivity contribution in [2.75, 3.05) is 24.7 Å². The molecular weight excluding hydrogens is 240 g/mol. The average molecular weight is 258 g/mol. The van der Waals surface area contributed by atoms with E-state index in [2.05, 4.69) is 20.0 Å². The first-order chi connectivity index (χ1) is 7.88. The van der Waals surface area contributed by atoms with E-state index in [0.717, 1.165) is 17.6 Å². The molecule has 0 amide bonds. The Morgan fingerprint density at radius 1 is 1.24 bits per heavy atom. The highest BCUT2D eigenvalue weighted by Gasteiger charge is 2.00. The van der Waals surface area contributed by atoms with Gasteiger partial charge in [-0.1, -0.05) is 0 Å². The Kier molecular flexibility index (Phi) is 4.83. The second-order valence-corrected chi connectivity index (χ2v) is 5.71. The van der Waals surface area contributed by atoms with Crippen LogP contribution in [-0.2, 0) is 10.0 Å². The Hall–Kier alpha value is -1.21. The van der Waals surface area contributed by atoms with Gasteiger partial charge in [0.05, 0.1) is 23.8 Å². The topological polar surface area (TPSA) is 84.0 Å². The van der Waals surface area contributed by atoms with Crippen LogP contribution in [-0.4, -0.2) is 37.7 Å². The van der Waals surface area contributed by atoms with E-state index in [0.29, 0.717) is 25.3 Å². The summed E-state index contributed by atoms with van der Waals surface area (Å²) in [6, 6.07) is 0. The molecule has 0 aliphatic rings. The lowest BCUT2D eigenvalue weighted by Crippen LogP contribution is -2.24. The highest BCUT2D eigenvalue weighted by Crippen LogP contribution is 2.05. The highest BCUT2D eigenvalue weighted by atomic mass is 32.2. The molecule has 2 N–H and O–H groups in total. The molecule has 0 bridgehead atoms. The summed E-state index contributed by atoms with van der Waals surface area (Å²) >= 11 is 0. The molecule has 0 aliphatic carbocycles. The molecule has 0 fully saturated rings. The van der Waals surface area contributed by atoms with Gasteiger partial charge < -0.3 is 5.32 Å². The van der Waals surface area contributed by atoms with Crippen molar-refractivity contribution in [1.29, 1.82) is 0 Å².